The second kappa shape index (κ2) is 9.54. The van der Waals surface area contributed by atoms with Crippen molar-refractivity contribution in [2.75, 3.05) is 6.54 Å². The Bertz CT molecular complexity index is 1350. The predicted octanol–water partition coefficient (Wildman–Crippen LogP) is 5.02. The molecular weight excluding hydrogens is 466 g/mol. The maximum Gasteiger partial charge on any atom is 0.295 e. The summed E-state index contributed by atoms with van der Waals surface area (Å²) in [7, 11) is 0. The van der Waals surface area contributed by atoms with Crippen LogP contribution in [0.25, 0.3) is 5.76 Å². The molecule has 3 heterocycles. The summed E-state index contributed by atoms with van der Waals surface area (Å²) in [6.07, 6.45) is 6.76. The van der Waals surface area contributed by atoms with E-state index in [4.69, 9.17) is 4.74 Å². The number of rotatable bonds is 6. The predicted molar refractivity (Wildman–Crippen MR) is 141 cm³/mol. The van der Waals surface area contributed by atoms with Crippen molar-refractivity contribution in [3.8, 4) is 5.75 Å². The van der Waals surface area contributed by atoms with Crippen LogP contribution in [0.2, 0.25) is 0 Å². The summed E-state index contributed by atoms with van der Waals surface area (Å²) in [4.78, 5) is 32.3. The lowest BCUT2D eigenvalue weighted by molar-refractivity contribution is -0.139. The number of aromatic nitrogens is 2. The zero-order valence-corrected chi connectivity index (χ0v) is 21.8. The number of aliphatic hydroxyl groups is 1. The summed E-state index contributed by atoms with van der Waals surface area (Å²) in [5, 5.41) is 11.4. The molecule has 2 aromatic carbocycles. The fourth-order valence-electron chi connectivity index (χ4n) is 5.19. The number of fused-ring (bicyclic) bond motifs is 1. The third-order valence-electron chi connectivity index (χ3n) is 7.18. The lowest BCUT2D eigenvalue weighted by atomic mass is 9.85. The van der Waals surface area contributed by atoms with Crippen molar-refractivity contribution >= 4 is 17.4 Å². The molecule has 5 rings (SSSR count). The number of aryl methyl sites for hydroxylation is 1. The highest BCUT2D eigenvalue weighted by atomic mass is 16.5. The van der Waals surface area contributed by atoms with Crippen LogP contribution in [0.4, 0.5) is 0 Å². The van der Waals surface area contributed by atoms with Gasteiger partial charge in [0.15, 0.2) is 0 Å². The van der Waals surface area contributed by atoms with Crippen molar-refractivity contribution in [1.82, 2.24) is 14.5 Å². The molecule has 0 unspecified atom stereocenters. The molecule has 2 aliphatic rings. The van der Waals surface area contributed by atoms with Crippen LogP contribution in [0.15, 0.2) is 66.8 Å². The molecule has 37 heavy (non-hydrogen) atoms. The Morgan fingerprint density at radius 3 is 2.54 bits per heavy atom. The van der Waals surface area contributed by atoms with Gasteiger partial charge in [0.1, 0.15) is 17.6 Å². The fraction of sp³-hybridized carbons (Fsp3) is 0.367. The van der Waals surface area contributed by atoms with Crippen LogP contribution in [-0.4, -0.2) is 43.9 Å². The molecule has 1 fully saturated rings. The molecule has 0 aliphatic carbocycles. The zero-order valence-electron chi connectivity index (χ0n) is 21.8. The van der Waals surface area contributed by atoms with Crippen LogP contribution in [0.1, 0.15) is 62.4 Å². The molecule has 0 saturated carbocycles. The van der Waals surface area contributed by atoms with E-state index in [0.717, 1.165) is 28.9 Å². The largest absolute Gasteiger partial charge is 0.507 e. The number of benzene rings is 2. The topological polar surface area (TPSA) is 84.7 Å². The first-order valence-electron chi connectivity index (χ1n) is 12.8. The smallest absolute Gasteiger partial charge is 0.295 e. The van der Waals surface area contributed by atoms with Gasteiger partial charge in [0.2, 0.25) is 0 Å². The quantitative estimate of drug-likeness (QED) is 0.293. The summed E-state index contributed by atoms with van der Waals surface area (Å²) in [6.45, 7) is 9.46. The first kappa shape index (κ1) is 24.8. The van der Waals surface area contributed by atoms with Crippen LogP contribution in [0.3, 0.4) is 0 Å². The Balaban J connectivity index is 1.54. The standard InChI is InChI=1S/C30H33N3O4/c1-19-16-22-17-21(8-11-24(22)37-19)27(34)25-26(20-6-9-23(10-7-20)30(2,3)4)33(29(36)28(25)35)14-5-13-32-15-12-31-18-32/h6-12,15,17-19,26,34H,5,13-14,16H2,1-4H3/b27-25+/t19-,26+/m1/s1. The Morgan fingerprint density at radius 2 is 1.86 bits per heavy atom. The summed E-state index contributed by atoms with van der Waals surface area (Å²) in [5.74, 6) is -0.605. The Hall–Kier alpha value is -3.87. The number of imidazole rings is 1. The molecule has 2 atom stereocenters. The van der Waals surface area contributed by atoms with Crippen molar-refractivity contribution in [2.24, 2.45) is 0 Å². The van der Waals surface area contributed by atoms with Gasteiger partial charge in [-0.25, -0.2) is 4.98 Å². The van der Waals surface area contributed by atoms with E-state index < -0.39 is 17.7 Å². The first-order valence-corrected chi connectivity index (χ1v) is 12.8. The Kier molecular flexibility index (Phi) is 6.40. The number of nitrogens with zero attached hydrogens (tertiary/aromatic N) is 3. The van der Waals surface area contributed by atoms with Crippen LogP contribution >= 0.6 is 0 Å². The molecule has 1 amide bonds. The molecule has 3 aromatic rings. The van der Waals surface area contributed by atoms with Crippen LogP contribution < -0.4 is 4.74 Å². The lowest BCUT2D eigenvalue weighted by Crippen LogP contribution is -2.31. The highest BCUT2D eigenvalue weighted by molar-refractivity contribution is 6.46. The molecule has 7 nitrogen and oxygen atoms in total. The van der Waals surface area contributed by atoms with Crippen LogP contribution in [0, 0.1) is 0 Å². The minimum absolute atomic E-state index is 0.0330. The van der Waals surface area contributed by atoms with E-state index in [1.54, 1.807) is 23.5 Å². The number of amides is 1. The Morgan fingerprint density at radius 1 is 1.11 bits per heavy atom. The highest BCUT2D eigenvalue weighted by Gasteiger charge is 2.46. The molecule has 0 spiro atoms. The van der Waals surface area contributed by atoms with E-state index in [1.165, 1.54) is 0 Å². The molecular formula is C30H33N3O4. The number of hydrogen-bond acceptors (Lipinski definition) is 5. The second-order valence-corrected chi connectivity index (χ2v) is 11.0. The number of carbonyl (C=O) groups is 2. The summed E-state index contributed by atoms with van der Waals surface area (Å²) in [5.41, 5.74) is 3.55. The Labute approximate surface area is 217 Å². The molecule has 192 valence electrons. The van der Waals surface area contributed by atoms with Crippen molar-refractivity contribution < 1.29 is 19.4 Å². The van der Waals surface area contributed by atoms with Crippen molar-refractivity contribution in [3.05, 3.63) is 89.0 Å². The van der Waals surface area contributed by atoms with E-state index in [1.807, 2.05) is 54.1 Å². The van der Waals surface area contributed by atoms with Gasteiger partial charge in [-0.2, -0.15) is 0 Å². The molecule has 1 saturated heterocycles. The minimum atomic E-state index is -0.666. The van der Waals surface area contributed by atoms with E-state index in [-0.39, 0.29) is 22.9 Å². The first-order chi connectivity index (χ1) is 17.6. The lowest BCUT2D eigenvalue weighted by Gasteiger charge is -2.26. The van der Waals surface area contributed by atoms with E-state index in [9.17, 15) is 14.7 Å². The number of ether oxygens (including phenoxy) is 1. The zero-order chi connectivity index (χ0) is 26.3. The van der Waals surface area contributed by atoms with Gasteiger partial charge in [-0.15, -0.1) is 0 Å². The van der Waals surface area contributed by atoms with E-state index in [0.29, 0.717) is 25.1 Å². The minimum Gasteiger partial charge on any atom is -0.507 e. The van der Waals surface area contributed by atoms with Crippen molar-refractivity contribution in [1.29, 1.82) is 0 Å². The van der Waals surface area contributed by atoms with Crippen LogP contribution in [0.5, 0.6) is 5.75 Å². The van der Waals surface area contributed by atoms with Gasteiger partial charge >= 0.3 is 0 Å². The highest BCUT2D eigenvalue weighted by Crippen LogP contribution is 2.41. The average Bonchev–Trinajstić information content (AvgIpc) is 3.57. The molecule has 0 bridgehead atoms. The maximum atomic E-state index is 13.4. The maximum absolute atomic E-state index is 13.4. The van der Waals surface area contributed by atoms with Crippen LogP contribution in [-0.2, 0) is 28.0 Å². The van der Waals surface area contributed by atoms with Gasteiger partial charge < -0.3 is 19.3 Å². The van der Waals surface area contributed by atoms with E-state index >= 15 is 0 Å². The number of likely N-dealkylation sites (tertiary alicyclic amines) is 1. The van der Waals surface area contributed by atoms with E-state index in [2.05, 4.69) is 25.8 Å². The van der Waals surface area contributed by atoms with Gasteiger partial charge in [0, 0.05) is 37.5 Å². The molecule has 1 aromatic heterocycles. The van der Waals surface area contributed by atoms with Crippen molar-refractivity contribution in [2.45, 2.75) is 64.6 Å². The third kappa shape index (κ3) is 4.78. The van der Waals surface area contributed by atoms with Gasteiger partial charge in [0.25, 0.3) is 11.7 Å². The summed E-state index contributed by atoms with van der Waals surface area (Å²) < 4.78 is 7.73. The van der Waals surface area contributed by atoms with Gasteiger partial charge in [0.05, 0.1) is 17.9 Å². The SMILES string of the molecule is C[C@@H]1Cc2cc(/C(O)=C3\C(=O)C(=O)N(CCCn4ccnc4)[C@H]3c3ccc(C(C)(C)C)cc3)ccc2O1. The number of ketones is 1. The average molecular weight is 500 g/mol. The number of carbonyl (C=O) groups excluding carboxylic acids is 2. The monoisotopic (exact) mass is 499 g/mol. The molecule has 2 aliphatic heterocycles. The van der Waals surface area contributed by atoms with Gasteiger partial charge in [-0.3, -0.25) is 9.59 Å². The van der Waals surface area contributed by atoms with Gasteiger partial charge in [-0.1, -0.05) is 45.0 Å². The normalized spacial score (nSPS) is 20.8. The van der Waals surface area contributed by atoms with Gasteiger partial charge in [-0.05, 0) is 53.6 Å². The molecule has 0 radical (unpaired) electrons. The third-order valence-corrected chi connectivity index (χ3v) is 7.18. The summed E-state index contributed by atoms with van der Waals surface area (Å²) >= 11 is 0. The number of hydrogen-bond donors (Lipinski definition) is 1. The summed E-state index contributed by atoms with van der Waals surface area (Å²) in [6, 6.07) is 12.8. The number of Topliss-reactive ketones (excluding diaryl/α,β-unsaturated/α-hetero) is 1. The molecule has 7 heteroatoms. The van der Waals surface area contributed by atoms with Crippen molar-refractivity contribution in [3.63, 3.8) is 0 Å². The fourth-order valence-corrected chi connectivity index (χ4v) is 5.19. The second-order valence-electron chi connectivity index (χ2n) is 11.0. The number of aliphatic hydroxyl groups excluding tert-OH is 1. The molecule has 1 N–H and O–H groups in total.